The second-order valence-corrected chi connectivity index (χ2v) is 6.08. The van der Waals surface area contributed by atoms with E-state index in [9.17, 15) is 4.79 Å². The fourth-order valence-electron chi connectivity index (χ4n) is 2.74. The smallest absolute Gasteiger partial charge is 0.272 e. The van der Waals surface area contributed by atoms with Gasteiger partial charge in [-0.2, -0.15) is 5.10 Å². The van der Waals surface area contributed by atoms with Gasteiger partial charge >= 0.3 is 0 Å². The molecule has 4 rings (SSSR count). The van der Waals surface area contributed by atoms with Gasteiger partial charge in [-0.05, 0) is 43.5 Å². The van der Waals surface area contributed by atoms with E-state index in [1.807, 2.05) is 31.2 Å². The van der Waals surface area contributed by atoms with E-state index in [4.69, 9.17) is 9.47 Å². The number of carbonyl (C=O) groups is 1. The molecular weight excluding hydrogens is 294 g/mol. The van der Waals surface area contributed by atoms with Crippen molar-refractivity contribution in [1.29, 1.82) is 0 Å². The van der Waals surface area contributed by atoms with Crippen molar-refractivity contribution in [1.82, 2.24) is 15.5 Å². The van der Waals surface area contributed by atoms with Crippen LogP contribution in [-0.4, -0.2) is 29.3 Å². The Morgan fingerprint density at radius 3 is 2.83 bits per heavy atom. The monoisotopic (exact) mass is 313 g/mol. The standard InChI is InChI=1S/C17H19N3O3/c1-10(12-4-5-15-16(8-12)23-7-6-22-15)18-17(21)14-9-13(19-20-14)11-2-3-11/h4-5,8-11H,2-3,6-7H2,1H3,(H,18,21)(H,19,20)/t10-/m1/s1. The average molecular weight is 313 g/mol. The molecule has 0 saturated heterocycles. The van der Waals surface area contributed by atoms with Crippen molar-refractivity contribution < 1.29 is 14.3 Å². The summed E-state index contributed by atoms with van der Waals surface area (Å²) in [4.78, 5) is 12.3. The fraction of sp³-hybridized carbons (Fsp3) is 0.412. The summed E-state index contributed by atoms with van der Waals surface area (Å²) >= 11 is 0. The Labute approximate surface area is 134 Å². The molecule has 1 aromatic heterocycles. The van der Waals surface area contributed by atoms with Crippen LogP contribution in [0.5, 0.6) is 11.5 Å². The van der Waals surface area contributed by atoms with Crippen LogP contribution in [0.2, 0.25) is 0 Å². The van der Waals surface area contributed by atoms with E-state index >= 15 is 0 Å². The van der Waals surface area contributed by atoms with Crippen molar-refractivity contribution in [3.05, 3.63) is 41.2 Å². The molecule has 2 aliphatic rings. The molecule has 6 nitrogen and oxygen atoms in total. The number of carbonyl (C=O) groups excluding carboxylic acids is 1. The van der Waals surface area contributed by atoms with Crippen LogP contribution in [0.3, 0.4) is 0 Å². The number of nitrogens with one attached hydrogen (secondary N) is 2. The Morgan fingerprint density at radius 1 is 1.26 bits per heavy atom. The lowest BCUT2D eigenvalue weighted by Gasteiger charge is -2.21. The zero-order valence-electron chi connectivity index (χ0n) is 13.0. The summed E-state index contributed by atoms with van der Waals surface area (Å²) in [7, 11) is 0. The summed E-state index contributed by atoms with van der Waals surface area (Å²) in [6.45, 7) is 3.06. The largest absolute Gasteiger partial charge is 0.486 e. The van der Waals surface area contributed by atoms with Gasteiger partial charge in [0.2, 0.25) is 0 Å². The van der Waals surface area contributed by atoms with Gasteiger partial charge in [-0.15, -0.1) is 0 Å². The molecule has 23 heavy (non-hydrogen) atoms. The number of aromatic amines is 1. The van der Waals surface area contributed by atoms with Gasteiger partial charge in [-0.1, -0.05) is 6.07 Å². The molecule has 1 amide bonds. The highest BCUT2D eigenvalue weighted by molar-refractivity contribution is 5.92. The predicted molar refractivity (Wildman–Crippen MR) is 83.9 cm³/mol. The summed E-state index contributed by atoms with van der Waals surface area (Å²) in [6, 6.07) is 7.45. The molecule has 2 N–H and O–H groups in total. The van der Waals surface area contributed by atoms with Gasteiger partial charge in [0.25, 0.3) is 5.91 Å². The van der Waals surface area contributed by atoms with Crippen LogP contribution in [0.4, 0.5) is 0 Å². The number of rotatable bonds is 4. The van der Waals surface area contributed by atoms with Gasteiger partial charge in [0, 0.05) is 11.6 Å². The lowest BCUT2D eigenvalue weighted by atomic mass is 10.1. The van der Waals surface area contributed by atoms with Gasteiger partial charge in [0.05, 0.1) is 6.04 Å². The summed E-state index contributed by atoms with van der Waals surface area (Å²) in [5.41, 5.74) is 2.47. The molecule has 1 aromatic carbocycles. The minimum Gasteiger partial charge on any atom is -0.486 e. The van der Waals surface area contributed by atoms with E-state index in [0.717, 1.165) is 22.8 Å². The third kappa shape index (κ3) is 2.88. The first-order valence-corrected chi connectivity index (χ1v) is 7.96. The van der Waals surface area contributed by atoms with E-state index < -0.39 is 0 Å². The molecular formula is C17H19N3O3. The van der Waals surface area contributed by atoms with Gasteiger partial charge < -0.3 is 14.8 Å². The Balaban J connectivity index is 1.45. The van der Waals surface area contributed by atoms with Gasteiger partial charge in [-0.3, -0.25) is 9.89 Å². The first-order valence-electron chi connectivity index (χ1n) is 7.96. The molecule has 0 radical (unpaired) electrons. The van der Waals surface area contributed by atoms with E-state index in [2.05, 4.69) is 15.5 Å². The second kappa shape index (κ2) is 5.61. The summed E-state index contributed by atoms with van der Waals surface area (Å²) in [5.74, 6) is 1.86. The molecule has 1 atom stereocenters. The molecule has 0 unspecified atom stereocenters. The molecule has 0 spiro atoms. The van der Waals surface area contributed by atoms with Crippen molar-refractivity contribution in [3.63, 3.8) is 0 Å². The highest BCUT2D eigenvalue weighted by atomic mass is 16.6. The Hall–Kier alpha value is -2.50. The number of ether oxygens (including phenoxy) is 2. The van der Waals surface area contributed by atoms with E-state index in [-0.39, 0.29) is 11.9 Å². The van der Waals surface area contributed by atoms with E-state index in [1.54, 1.807) is 0 Å². The lowest BCUT2D eigenvalue weighted by Crippen LogP contribution is -2.27. The highest BCUT2D eigenvalue weighted by Crippen LogP contribution is 2.39. The maximum absolute atomic E-state index is 12.3. The van der Waals surface area contributed by atoms with Crippen molar-refractivity contribution >= 4 is 5.91 Å². The first-order chi connectivity index (χ1) is 11.2. The van der Waals surface area contributed by atoms with Crippen molar-refractivity contribution in [2.24, 2.45) is 0 Å². The van der Waals surface area contributed by atoms with Gasteiger partial charge in [-0.25, -0.2) is 0 Å². The third-order valence-electron chi connectivity index (χ3n) is 4.26. The van der Waals surface area contributed by atoms with Crippen LogP contribution in [0.25, 0.3) is 0 Å². The summed E-state index contributed by atoms with van der Waals surface area (Å²) < 4.78 is 11.1. The number of nitrogens with zero attached hydrogens (tertiary/aromatic N) is 1. The molecule has 1 saturated carbocycles. The van der Waals surface area contributed by atoms with Crippen LogP contribution >= 0.6 is 0 Å². The molecule has 1 aliphatic carbocycles. The molecule has 6 heteroatoms. The van der Waals surface area contributed by atoms with Crippen LogP contribution in [0, 0.1) is 0 Å². The molecule has 2 aromatic rings. The van der Waals surface area contributed by atoms with Gasteiger partial charge in [0.15, 0.2) is 11.5 Å². The van der Waals surface area contributed by atoms with Crippen LogP contribution in [0.1, 0.15) is 53.5 Å². The maximum atomic E-state index is 12.3. The number of hydrogen-bond acceptors (Lipinski definition) is 4. The summed E-state index contributed by atoms with van der Waals surface area (Å²) in [5, 5.41) is 10.0. The van der Waals surface area contributed by atoms with Crippen LogP contribution in [-0.2, 0) is 0 Å². The Bertz CT molecular complexity index is 736. The molecule has 120 valence electrons. The Morgan fingerprint density at radius 2 is 2.04 bits per heavy atom. The van der Waals surface area contributed by atoms with Crippen LogP contribution in [0.15, 0.2) is 24.3 Å². The number of H-pyrrole nitrogens is 1. The second-order valence-electron chi connectivity index (χ2n) is 6.08. The van der Waals surface area contributed by atoms with Crippen molar-refractivity contribution in [3.8, 4) is 11.5 Å². The minimum atomic E-state index is -0.171. The predicted octanol–water partition coefficient (Wildman–Crippen LogP) is 2.55. The van der Waals surface area contributed by atoms with Crippen LogP contribution < -0.4 is 14.8 Å². The zero-order chi connectivity index (χ0) is 15.8. The number of aromatic nitrogens is 2. The molecule has 2 heterocycles. The average Bonchev–Trinajstić information content (AvgIpc) is 3.31. The number of benzene rings is 1. The molecule has 1 fully saturated rings. The fourth-order valence-corrected chi connectivity index (χ4v) is 2.74. The Kier molecular flexibility index (Phi) is 3.44. The topological polar surface area (TPSA) is 76.2 Å². The number of fused-ring (bicyclic) bond motifs is 1. The van der Waals surface area contributed by atoms with E-state index in [0.29, 0.717) is 24.8 Å². The number of hydrogen-bond donors (Lipinski definition) is 2. The third-order valence-corrected chi connectivity index (χ3v) is 4.26. The molecule has 1 aliphatic heterocycles. The van der Waals surface area contributed by atoms with Gasteiger partial charge in [0.1, 0.15) is 18.9 Å². The zero-order valence-corrected chi connectivity index (χ0v) is 13.0. The quantitative estimate of drug-likeness (QED) is 0.909. The molecule has 0 bridgehead atoms. The lowest BCUT2D eigenvalue weighted by molar-refractivity contribution is 0.0934. The number of amides is 1. The van der Waals surface area contributed by atoms with E-state index in [1.165, 1.54) is 12.8 Å². The first kappa shape index (κ1) is 14.1. The highest BCUT2D eigenvalue weighted by Gasteiger charge is 2.26. The maximum Gasteiger partial charge on any atom is 0.272 e. The SMILES string of the molecule is C[C@@H](NC(=O)c1cc(C2CC2)[nH]n1)c1ccc2c(c1)OCCO2. The minimum absolute atomic E-state index is 0.139. The van der Waals surface area contributed by atoms with Crippen molar-refractivity contribution in [2.45, 2.75) is 31.7 Å². The van der Waals surface area contributed by atoms with Crippen molar-refractivity contribution in [2.75, 3.05) is 13.2 Å². The normalized spacial score (nSPS) is 17.6. The summed E-state index contributed by atoms with van der Waals surface area (Å²) in [6.07, 6.45) is 2.35.